The Labute approximate surface area is 152 Å². The molecule has 0 bridgehead atoms. The molecule has 1 saturated heterocycles. The second kappa shape index (κ2) is 6.54. The number of imidazole rings is 1. The fourth-order valence-corrected chi connectivity index (χ4v) is 3.13. The Morgan fingerprint density at radius 2 is 2.00 bits per heavy atom. The summed E-state index contributed by atoms with van der Waals surface area (Å²) >= 11 is 0. The van der Waals surface area contributed by atoms with Gasteiger partial charge in [-0.3, -0.25) is 9.59 Å². The summed E-state index contributed by atoms with van der Waals surface area (Å²) in [7, 11) is 3.62. The molecular formula is C17H25N7O2. The maximum Gasteiger partial charge on any atom is 0.291 e. The number of piperidine rings is 1. The van der Waals surface area contributed by atoms with Crippen molar-refractivity contribution in [3.05, 3.63) is 30.4 Å². The van der Waals surface area contributed by atoms with E-state index >= 15 is 0 Å². The van der Waals surface area contributed by atoms with E-state index in [1.54, 1.807) is 29.2 Å². The van der Waals surface area contributed by atoms with Gasteiger partial charge in [0.25, 0.3) is 5.91 Å². The highest BCUT2D eigenvalue weighted by molar-refractivity contribution is 5.90. The number of nitrogens with zero attached hydrogens (tertiary/aromatic N) is 6. The average molecular weight is 359 g/mol. The number of carbonyl (C=O) groups is 2. The number of hydrogen-bond donors (Lipinski definition) is 1. The van der Waals surface area contributed by atoms with Crippen LogP contribution in [0.1, 0.15) is 56.1 Å². The summed E-state index contributed by atoms with van der Waals surface area (Å²) in [4.78, 5) is 35.0. The van der Waals surface area contributed by atoms with E-state index < -0.39 is 0 Å². The number of amides is 2. The number of hydrogen-bond acceptors (Lipinski definition) is 5. The van der Waals surface area contributed by atoms with Crippen molar-refractivity contribution in [1.29, 1.82) is 0 Å². The molecule has 0 aromatic carbocycles. The van der Waals surface area contributed by atoms with E-state index in [0.717, 1.165) is 5.82 Å². The van der Waals surface area contributed by atoms with Crippen molar-refractivity contribution >= 4 is 11.8 Å². The van der Waals surface area contributed by atoms with Crippen LogP contribution in [0.5, 0.6) is 0 Å². The highest BCUT2D eigenvalue weighted by Gasteiger charge is 2.38. The molecule has 0 radical (unpaired) electrons. The topological polar surface area (TPSA) is 97.9 Å². The third kappa shape index (κ3) is 3.33. The first kappa shape index (κ1) is 18.1. The molecule has 1 N–H and O–H groups in total. The van der Waals surface area contributed by atoms with E-state index in [1.165, 1.54) is 0 Å². The number of likely N-dealkylation sites (tertiary alicyclic amines) is 1. The molecule has 1 fully saturated rings. The van der Waals surface area contributed by atoms with Crippen LogP contribution in [0.25, 0.3) is 0 Å². The van der Waals surface area contributed by atoms with Crippen molar-refractivity contribution in [2.45, 2.75) is 51.2 Å². The maximum atomic E-state index is 12.7. The molecule has 2 amide bonds. The number of rotatable bonds is 3. The van der Waals surface area contributed by atoms with Gasteiger partial charge in [0, 0.05) is 32.9 Å². The summed E-state index contributed by atoms with van der Waals surface area (Å²) in [6.45, 7) is 5.96. The Morgan fingerprint density at radius 3 is 2.58 bits per heavy atom. The van der Waals surface area contributed by atoms with Crippen molar-refractivity contribution in [3.8, 4) is 0 Å². The molecule has 0 saturated carbocycles. The van der Waals surface area contributed by atoms with Gasteiger partial charge in [0.1, 0.15) is 18.2 Å². The van der Waals surface area contributed by atoms with Gasteiger partial charge in [-0.15, -0.1) is 5.10 Å². The first-order valence-electron chi connectivity index (χ1n) is 8.64. The minimum atomic E-state index is -0.347. The minimum Gasteiger partial charge on any atom is -0.344 e. The predicted molar refractivity (Wildman–Crippen MR) is 94.2 cm³/mol. The van der Waals surface area contributed by atoms with E-state index in [0.29, 0.717) is 12.8 Å². The zero-order chi connectivity index (χ0) is 19.1. The van der Waals surface area contributed by atoms with Gasteiger partial charge >= 0.3 is 0 Å². The van der Waals surface area contributed by atoms with Gasteiger partial charge in [0.2, 0.25) is 11.7 Å². The molecule has 2 aromatic rings. The lowest BCUT2D eigenvalue weighted by atomic mass is 9.95. The monoisotopic (exact) mass is 359 g/mol. The quantitative estimate of drug-likeness (QED) is 0.876. The Balaban J connectivity index is 1.82. The zero-order valence-corrected chi connectivity index (χ0v) is 15.8. The van der Waals surface area contributed by atoms with Crippen LogP contribution in [0.2, 0.25) is 0 Å². The van der Waals surface area contributed by atoms with Gasteiger partial charge in [0.05, 0.1) is 11.6 Å². The van der Waals surface area contributed by atoms with Crippen molar-refractivity contribution < 1.29 is 9.59 Å². The molecule has 26 heavy (non-hydrogen) atoms. The second-order valence-corrected chi connectivity index (χ2v) is 7.65. The maximum absolute atomic E-state index is 12.7. The summed E-state index contributed by atoms with van der Waals surface area (Å²) in [5.74, 6) is 0.552. The van der Waals surface area contributed by atoms with Gasteiger partial charge in [-0.1, -0.05) is 0 Å². The summed E-state index contributed by atoms with van der Waals surface area (Å²) in [5.41, 5.74) is -0.251. The molecule has 140 valence electrons. The van der Waals surface area contributed by atoms with Crippen molar-refractivity contribution in [2.75, 3.05) is 7.05 Å². The average Bonchev–Trinajstić information content (AvgIpc) is 3.20. The number of carbonyl (C=O) groups excluding carboxylic acids is 2. The molecule has 1 aliphatic heterocycles. The van der Waals surface area contributed by atoms with Crippen LogP contribution in [0.3, 0.4) is 0 Å². The molecular weight excluding hydrogens is 334 g/mol. The molecule has 0 unspecified atom stereocenters. The van der Waals surface area contributed by atoms with Crippen LogP contribution in [-0.2, 0) is 17.4 Å². The summed E-state index contributed by atoms with van der Waals surface area (Å²) in [6.07, 6.45) is 6.00. The number of aryl methyl sites for hydroxylation is 1. The predicted octanol–water partition coefficient (Wildman–Crippen LogP) is 0.858. The Kier molecular flexibility index (Phi) is 4.55. The first-order valence-corrected chi connectivity index (χ1v) is 8.64. The molecule has 2 aromatic heterocycles. The Morgan fingerprint density at radius 1 is 1.27 bits per heavy atom. The lowest BCUT2D eigenvalue weighted by Crippen LogP contribution is -2.51. The van der Waals surface area contributed by atoms with E-state index in [2.05, 4.69) is 20.4 Å². The van der Waals surface area contributed by atoms with Gasteiger partial charge < -0.3 is 14.8 Å². The molecule has 0 aliphatic carbocycles. The number of aromatic nitrogens is 5. The highest BCUT2D eigenvalue weighted by Crippen LogP contribution is 2.29. The van der Waals surface area contributed by atoms with Crippen LogP contribution < -0.4 is 5.32 Å². The fourth-order valence-electron chi connectivity index (χ4n) is 3.13. The minimum absolute atomic E-state index is 0.0404. The second-order valence-electron chi connectivity index (χ2n) is 7.65. The van der Waals surface area contributed by atoms with Gasteiger partial charge in [0.15, 0.2) is 0 Å². The van der Waals surface area contributed by atoms with Crippen LogP contribution in [0.4, 0.5) is 0 Å². The Hall–Kier alpha value is -2.71. The van der Waals surface area contributed by atoms with E-state index in [1.807, 2.05) is 38.6 Å². The summed E-state index contributed by atoms with van der Waals surface area (Å²) in [5, 5.41) is 7.27. The first-order chi connectivity index (χ1) is 12.2. The number of nitrogens with one attached hydrogen (secondary N) is 1. The lowest BCUT2D eigenvalue weighted by molar-refractivity contribution is -0.136. The highest BCUT2D eigenvalue weighted by atomic mass is 16.2. The van der Waals surface area contributed by atoms with Crippen molar-refractivity contribution in [2.24, 2.45) is 7.05 Å². The van der Waals surface area contributed by atoms with E-state index in [9.17, 15) is 9.59 Å². The van der Waals surface area contributed by atoms with Crippen LogP contribution in [-0.4, -0.2) is 54.1 Å². The number of likely N-dealkylation sites (N-methyl/N-ethyl adjacent to an activating group) is 1. The Bertz CT molecular complexity index is 817. The summed E-state index contributed by atoms with van der Waals surface area (Å²) < 4.78 is 3.53. The van der Waals surface area contributed by atoms with Crippen molar-refractivity contribution in [3.63, 3.8) is 0 Å². The molecule has 0 spiro atoms. The van der Waals surface area contributed by atoms with Crippen LogP contribution in [0, 0.1) is 0 Å². The van der Waals surface area contributed by atoms with Gasteiger partial charge in [-0.05, 0) is 27.2 Å². The molecule has 1 aliphatic rings. The molecule has 2 atom stereocenters. The SMILES string of the molecule is CN1C(=O)CC[C@@H](NC(=O)c2ncn(C(C)(C)C)n2)[C@@H]1c1nccn1C. The van der Waals surface area contributed by atoms with E-state index in [-0.39, 0.29) is 35.3 Å². The molecule has 3 heterocycles. The third-order valence-corrected chi connectivity index (χ3v) is 4.68. The normalized spacial score (nSPS) is 21.1. The summed E-state index contributed by atoms with van der Waals surface area (Å²) in [6, 6.07) is -0.585. The smallest absolute Gasteiger partial charge is 0.291 e. The third-order valence-electron chi connectivity index (χ3n) is 4.68. The lowest BCUT2D eigenvalue weighted by Gasteiger charge is -2.38. The molecule has 9 heteroatoms. The van der Waals surface area contributed by atoms with Crippen LogP contribution >= 0.6 is 0 Å². The van der Waals surface area contributed by atoms with Gasteiger partial charge in [-0.25, -0.2) is 14.6 Å². The van der Waals surface area contributed by atoms with E-state index in [4.69, 9.17) is 0 Å². The van der Waals surface area contributed by atoms with Gasteiger partial charge in [-0.2, -0.15) is 0 Å². The molecule has 9 nitrogen and oxygen atoms in total. The van der Waals surface area contributed by atoms with Crippen molar-refractivity contribution in [1.82, 2.24) is 34.5 Å². The fraction of sp³-hybridized carbons (Fsp3) is 0.588. The zero-order valence-electron chi connectivity index (χ0n) is 15.8. The largest absolute Gasteiger partial charge is 0.344 e. The standard InChI is InChI=1S/C17H25N7O2/c1-17(2,3)24-10-19-14(21-24)16(26)20-11-6-7-12(25)23(5)13(11)15-18-8-9-22(15)4/h8-11,13H,6-7H2,1-5H3,(H,20,26)/t11-,13-/m1/s1. The van der Waals surface area contributed by atoms with Crippen LogP contribution in [0.15, 0.2) is 18.7 Å². The molecule has 3 rings (SSSR count).